The van der Waals surface area contributed by atoms with Gasteiger partial charge in [-0.3, -0.25) is 9.47 Å². The Morgan fingerprint density at radius 2 is 1.90 bits per heavy atom. The van der Waals surface area contributed by atoms with Gasteiger partial charge in [0.1, 0.15) is 17.2 Å². The maximum atomic E-state index is 13.4. The van der Waals surface area contributed by atoms with E-state index in [0.29, 0.717) is 19.6 Å². The third-order valence-electron chi connectivity index (χ3n) is 5.58. The summed E-state index contributed by atoms with van der Waals surface area (Å²) in [6.45, 7) is 7.61. The third kappa shape index (κ3) is 4.28. The number of benzene rings is 1. The van der Waals surface area contributed by atoms with Gasteiger partial charge >= 0.3 is 6.03 Å². The van der Waals surface area contributed by atoms with Crippen LogP contribution in [0.15, 0.2) is 42.6 Å². The summed E-state index contributed by atoms with van der Waals surface area (Å²) in [5, 5.41) is 3.03. The molecule has 3 heterocycles. The van der Waals surface area contributed by atoms with E-state index in [2.05, 4.69) is 22.1 Å². The van der Waals surface area contributed by atoms with Crippen LogP contribution in [0.5, 0.6) is 0 Å². The molecular weight excluding hydrogens is 383 g/mol. The van der Waals surface area contributed by atoms with E-state index in [1.807, 2.05) is 28.5 Å². The first-order valence-electron chi connectivity index (χ1n) is 10.4. The van der Waals surface area contributed by atoms with Crippen molar-refractivity contribution in [3.8, 4) is 5.69 Å². The Labute approximate surface area is 175 Å². The summed E-state index contributed by atoms with van der Waals surface area (Å²) in [6.07, 6.45) is 2.65. The number of hydrogen-bond donors (Lipinski definition) is 1. The molecule has 158 valence electrons. The molecule has 1 N–H and O–H groups in total. The predicted molar refractivity (Wildman–Crippen MR) is 114 cm³/mol. The number of aromatic nitrogens is 3. The van der Waals surface area contributed by atoms with Crippen LogP contribution in [0, 0.1) is 5.82 Å². The average Bonchev–Trinajstić information content (AvgIpc) is 3.12. The zero-order chi connectivity index (χ0) is 21.1. The zero-order valence-electron chi connectivity index (χ0n) is 17.4. The van der Waals surface area contributed by atoms with Crippen molar-refractivity contribution in [1.82, 2.24) is 29.7 Å². The molecule has 4 rings (SSSR count). The molecule has 0 radical (unpaired) electrons. The molecule has 3 aromatic rings. The second kappa shape index (κ2) is 8.79. The summed E-state index contributed by atoms with van der Waals surface area (Å²) in [6, 6.07) is 10.4. The Morgan fingerprint density at radius 1 is 1.17 bits per heavy atom. The fourth-order valence-electron chi connectivity index (χ4n) is 3.64. The Bertz CT molecular complexity index is 1010. The van der Waals surface area contributed by atoms with Crippen molar-refractivity contribution < 1.29 is 9.18 Å². The molecule has 1 atom stereocenters. The summed E-state index contributed by atoms with van der Waals surface area (Å²) in [7, 11) is 0. The maximum Gasteiger partial charge on any atom is 0.317 e. The number of amides is 2. The van der Waals surface area contributed by atoms with E-state index in [9.17, 15) is 9.18 Å². The van der Waals surface area contributed by atoms with Gasteiger partial charge in [0.05, 0.1) is 6.54 Å². The van der Waals surface area contributed by atoms with Crippen LogP contribution in [0.25, 0.3) is 16.9 Å². The van der Waals surface area contributed by atoms with Crippen molar-refractivity contribution in [2.75, 3.05) is 26.2 Å². The van der Waals surface area contributed by atoms with Crippen LogP contribution < -0.4 is 5.32 Å². The van der Waals surface area contributed by atoms with E-state index in [1.54, 1.807) is 18.3 Å². The molecular formula is C22H27FN6O. The minimum atomic E-state index is -0.274. The fraction of sp³-hybridized carbons (Fsp3) is 0.409. The molecule has 7 nitrogen and oxygen atoms in total. The van der Waals surface area contributed by atoms with Gasteiger partial charge in [-0.15, -0.1) is 0 Å². The number of pyridine rings is 1. The van der Waals surface area contributed by atoms with E-state index >= 15 is 0 Å². The molecule has 1 saturated heterocycles. The second-order valence-electron chi connectivity index (χ2n) is 7.71. The van der Waals surface area contributed by atoms with Crippen molar-refractivity contribution in [3.05, 3.63) is 54.2 Å². The summed E-state index contributed by atoms with van der Waals surface area (Å²) in [4.78, 5) is 25.8. The minimum absolute atomic E-state index is 0.00625. The summed E-state index contributed by atoms with van der Waals surface area (Å²) in [5.74, 6) is 0.581. The highest BCUT2D eigenvalue weighted by Gasteiger charge is 2.24. The lowest BCUT2D eigenvalue weighted by Crippen LogP contribution is -2.52. The standard InChI is InChI=1S/C22H27FN6O/c1-3-16(2)25-22(30)28-13-11-27(12-14-28)15-20-26-19-5-4-10-24-21(19)29(20)18-8-6-17(23)7-9-18/h4-10,16H,3,11-15H2,1-2H3,(H,25,30). The van der Waals surface area contributed by atoms with Crippen LogP contribution in [-0.4, -0.2) is 62.6 Å². The van der Waals surface area contributed by atoms with Gasteiger partial charge in [-0.05, 0) is 49.7 Å². The number of piperazine rings is 1. The molecule has 1 unspecified atom stereocenters. The normalized spacial score (nSPS) is 16.0. The van der Waals surface area contributed by atoms with Crippen molar-refractivity contribution in [1.29, 1.82) is 0 Å². The second-order valence-corrected chi connectivity index (χ2v) is 7.71. The lowest BCUT2D eigenvalue weighted by atomic mass is 10.2. The van der Waals surface area contributed by atoms with Gasteiger partial charge in [-0.2, -0.15) is 0 Å². The Kier molecular flexibility index (Phi) is 5.94. The van der Waals surface area contributed by atoms with E-state index in [1.165, 1.54) is 12.1 Å². The molecule has 1 aliphatic rings. The topological polar surface area (TPSA) is 66.3 Å². The largest absolute Gasteiger partial charge is 0.336 e. The van der Waals surface area contributed by atoms with Gasteiger partial charge in [0.15, 0.2) is 5.65 Å². The van der Waals surface area contributed by atoms with E-state index in [-0.39, 0.29) is 17.9 Å². The van der Waals surface area contributed by atoms with E-state index in [4.69, 9.17) is 4.98 Å². The maximum absolute atomic E-state index is 13.4. The number of hydrogen-bond acceptors (Lipinski definition) is 4. The predicted octanol–water partition coefficient (Wildman–Crippen LogP) is 3.19. The number of carbonyl (C=O) groups excluding carboxylic acids is 1. The van der Waals surface area contributed by atoms with E-state index < -0.39 is 0 Å². The molecule has 1 aromatic carbocycles. The SMILES string of the molecule is CCC(C)NC(=O)N1CCN(Cc2nc3cccnc3n2-c2ccc(F)cc2)CC1. The number of rotatable bonds is 5. The summed E-state index contributed by atoms with van der Waals surface area (Å²) in [5.41, 5.74) is 2.40. The van der Waals surface area contributed by atoms with Gasteiger partial charge in [0.2, 0.25) is 0 Å². The first kappa shape index (κ1) is 20.3. The highest BCUT2D eigenvalue weighted by molar-refractivity contribution is 5.75. The van der Waals surface area contributed by atoms with Crippen LogP contribution in [0.3, 0.4) is 0 Å². The van der Waals surface area contributed by atoms with Crippen LogP contribution in [0.4, 0.5) is 9.18 Å². The highest BCUT2D eigenvalue weighted by Crippen LogP contribution is 2.21. The molecule has 2 aromatic heterocycles. The monoisotopic (exact) mass is 410 g/mol. The van der Waals surface area contributed by atoms with Gasteiger partial charge in [0, 0.05) is 44.1 Å². The van der Waals surface area contributed by atoms with Gasteiger partial charge in [-0.25, -0.2) is 19.2 Å². The first-order chi connectivity index (χ1) is 14.5. The fourth-order valence-corrected chi connectivity index (χ4v) is 3.64. The van der Waals surface area contributed by atoms with Gasteiger partial charge in [-0.1, -0.05) is 6.92 Å². The molecule has 30 heavy (non-hydrogen) atoms. The minimum Gasteiger partial charge on any atom is -0.336 e. The first-order valence-corrected chi connectivity index (χ1v) is 10.4. The molecule has 0 saturated carbocycles. The molecule has 0 spiro atoms. The molecule has 1 fully saturated rings. The number of fused-ring (bicyclic) bond motifs is 1. The Balaban J connectivity index is 1.50. The van der Waals surface area contributed by atoms with Crippen molar-refractivity contribution >= 4 is 17.2 Å². The van der Waals surface area contributed by atoms with Crippen LogP contribution in [0.1, 0.15) is 26.1 Å². The highest BCUT2D eigenvalue weighted by atomic mass is 19.1. The smallest absolute Gasteiger partial charge is 0.317 e. The third-order valence-corrected chi connectivity index (χ3v) is 5.58. The Morgan fingerprint density at radius 3 is 2.60 bits per heavy atom. The van der Waals surface area contributed by atoms with Gasteiger partial charge in [0.25, 0.3) is 0 Å². The number of urea groups is 1. The van der Waals surface area contributed by atoms with Crippen LogP contribution >= 0.6 is 0 Å². The van der Waals surface area contributed by atoms with Gasteiger partial charge < -0.3 is 10.2 Å². The quantitative estimate of drug-likeness (QED) is 0.702. The lowest BCUT2D eigenvalue weighted by Gasteiger charge is -2.35. The number of halogens is 1. The number of nitrogens with one attached hydrogen (secondary N) is 1. The van der Waals surface area contributed by atoms with E-state index in [0.717, 1.165) is 42.2 Å². The molecule has 1 aliphatic heterocycles. The average molecular weight is 410 g/mol. The molecule has 2 amide bonds. The lowest BCUT2D eigenvalue weighted by molar-refractivity contribution is 0.131. The van der Waals surface area contributed by atoms with Crippen LogP contribution in [-0.2, 0) is 6.54 Å². The number of carbonyl (C=O) groups is 1. The summed E-state index contributed by atoms with van der Waals surface area (Å²) < 4.78 is 15.4. The van der Waals surface area contributed by atoms with Crippen molar-refractivity contribution in [3.63, 3.8) is 0 Å². The van der Waals surface area contributed by atoms with Crippen LogP contribution in [0.2, 0.25) is 0 Å². The number of nitrogens with zero attached hydrogens (tertiary/aromatic N) is 5. The van der Waals surface area contributed by atoms with Crippen molar-refractivity contribution in [2.24, 2.45) is 0 Å². The number of imidazole rings is 1. The molecule has 8 heteroatoms. The summed E-state index contributed by atoms with van der Waals surface area (Å²) >= 11 is 0. The van der Waals surface area contributed by atoms with Crippen molar-refractivity contribution in [2.45, 2.75) is 32.9 Å². The molecule has 0 bridgehead atoms. The Hall–Kier alpha value is -3.00. The zero-order valence-corrected chi connectivity index (χ0v) is 17.4. The molecule has 0 aliphatic carbocycles.